The Bertz CT molecular complexity index is 1630. The molecular formula is C27H26N6O3S. The maximum Gasteiger partial charge on any atom is 0.295 e. The summed E-state index contributed by atoms with van der Waals surface area (Å²) >= 11 is 1.25. The highest BCUT2D eigenvalue weighted by molar-refractivity contribution is 7.99. The highest BCUT2D eigenvalue weighted by Gasteiger charge is 2.20. The van der Waals surface area contributed by atoms with Crippen LogP contribution < -0.4 is 10.9 Å². The van der Waals surface area contributed by atoms with Gasteiger partial charge in [-0.2, -0.15) is 0 Å². The lowest BCUT2D eigenvalue weighted by atomic mass is 10.1. The molecule has 1 N–H and O–H groups in total. The maximum absolute atomic E-state index is 13.1. The zero-order chi connectivity index (χ0) is 25.9. The van der Waals surface area contributed by atoms with Gasteiger partial charge in [0.15, 0.2) is 11.0 Å². The fourth-order valence-corrected chi connectivity index (χ4v) is 5.04. The van der Waals surface area contributed by atoms with Crippen LogP contribution in [-0.2, 0) is 23.2 Å². The zero-order valence-electron chi connectivity index (χ0n) is 20.7. The van der Waals surface area contributed by atoms with Gasteiger partial charge in [-0.15, -0.1) is 10.2 Å². The van der Waals surface area contributed by atoms with Gasteiger partial charge in [-0.25, -0.2) is 4.68 Å². The Labute approximate surface area is 217 Å². The maximum atomic E-state index is 13.1. The van der Waals surface area contributed by atoms with Crippen molar-refractivity contribution in [3.63, 3.8) is 0 Å². The summed E-state index contributed by atoms with van der Waals surface area (Å²) in [5, 5.41) is 14.1. The number of nitrogens with zero attached hydrogens (tertiary/aromatic N) is 5. The lowest BCUT2D eigenvalue weighted by molar-refractivity contribution is -0.113. The topological polar surface area (TPSA) is 96.0 Å². The van der Waals surface area contributed by atoms with Crippen molar-refractivity contribution in [2.75, 3.05) is 18.2 Å². The van der Waals surface area contributed by atoms with Gasteiger partial charge in [0.25, 0.3) is 5.56 Å². The summed E-state index contributed by atoms with van der Waals surface area (Å²) in [7, 11) is 3.39. The van der Waals surface area contributed by atoms with Crippen molar-refractivity contribution < 1.29 is 9.53 Å². The van der Waals surface area contributed by atoms with Crippen molar-refractivity contribution in [1.82, 2.24) is 24.1 Å². The number of hydrogen-bond acceptors (Lipinski definition) is 6. The van der Waals surface area contributed by atoms with Gasteiger partial charge in [0.05, 0.1) is 22.8 Å². The number of fused-ring (bicyclic) bond motifs is 1. The number of rotatable bonds is 8. The number of hydrogen-bond donors (Lipinski definition) is 1. The van der Waals surface area contributed by atoms with Gasteiger partial charge in [-0.05, 0) is 30.5 Å². The van der Waals surface area contributed by atoms with Crippen LogP contribution >= 0.6 is 11.8 Å². The summed E-state index contributed by atoms with van der Waals surface area (Å²) in [4.78, 5) is 26.1. The standard InChI is InChI=1S/C27H26N6O3S/c1-18-25(26(35)33(31(18)2)20-12-5-4-6-13-20)28-24(34)17-37-27-30-29-23(16-36-3)32(27)22-15-9-11-19-10-7-8-14-21(19)22/h4-15H,16-17H2,1-3H3,(H,28,34). The van der Waals surface area contributed by atoms with Gasteiger partial charge >= 0.3 is 0 Å². The highest BCUT2D eigenvalue weighted by Crippen LogP contribution is 2.28. The first kappa shape index (κ1) is 24.5. The van der Waals surface area contributed by atoms with Crippen molar-refractivity contribution in [2.24, 2.45) is 7.05 Å². The number of nitrogens with one attached hydrogen (secondary N) is 1. The molecular weight excluding hydrogens is 488 g/mol. The van der Waals surface area contributed by atoms with Gasteiger partial charge < -0.3 is 10.1 Å². The first-order valence-corrected chi connectivity index (χ1v) is 12.7. The van der Waals surface area contributed by atoms with Gasteiger partial charge in [0.2, 0.25) is 5.91 Å². The molecule has 1 amide bonds. The molecule has 2 heterocycles. The van der Waals surface area contributed by atoms with E-state index in [0.717, 1.165) is 22.1 Å². The van der Waals surface area contributed by atoms with Crippen LogP contribution in [0.1, 0.15) is 11.5 Å². The molecule has 2 aromatic heterocycles. The largest absolute Gasteiger partial charge is 0.377 e. The predicted molar refractivity (Wildman–Crippen MR) is 145 cm³/mol. The molecule has 0 atom stereocenters. The van der Waals surface area contributed by atoms with E-state index in [0.29, 0.717) is 16.7 Å². The fourth-order valence-electron chi connectivity index (χ4n) is 4.28. The Hall–Kier alpha value is -4.15. The first-order valence-electron chi connectivity index (χ1n) is 11.7. The number of methoxy groups -OCH3 is 1. The van der Waals surface area contributed by atoms with Crippen molar-refractivity contribution in [1.29, 1.82) is 0 Å². The smallest absolute Gasteiger partial charge is 0.295 e. The minimum Gasteiger partial charge on any atom is -0.377 e. The fraction of sp³-hybridized carbons (Fsp3) is 0.185. The summed E-state index contributed by atoms with van der Waals surface area (Å²) in [5.41, 5.74) is 2.26. The molecule has 0 radical (unpaired) electrons. The summed E-state index contributed by atoms with van der Waals surface area (Å²) in [6.07, 6.45) is 0. The van der Waals surface area contributed by atoms with Crippen LogP contribution in [-0.4, -0.2) is 42.9 Å². The summed E-state index contributed by atoms with van der Waals surface area (Å²) in [6, 6.07) is 23.4. The monoisotopic (exact) mass is 514 g/mol. The SMILES string of the molecule is COCc1nnc(SCC(=O)Nc2c(C)n(C)n(-c3ccccc3)c2=O)n1-c1cccc2ccccc12. The highest BCUT2D eigenvalue weighted by atomic mass is 32.2. The van der Waals surface area contributed by atoms with E-state index in [4.69, 9.17) is 4.74 Å². The number of carbonyl (C=O) groups excluding carboxylic acids is 1. The van der Waals surface area contributed by atoms with E-state index in [1.807, 2.05) is 77.4 Å². The average Bonchev–Trinajstić information content (AvgIpc) is 3.41. The number of ether oxygens (including phenoxy) is 1. The molecule has 0 bridgehead atoms. The van der Waals surface area contributed by atoms with Gasteiger partial charge in [-0.1, -0.05) is 66.4 Å². The van der Waals surface area contributed by atoms with Crippen molar-refractivity contribution >= 4 is 34.1 Å². The molecule has 0 fully saturated rings. The zero-order valence-corrected chi connectivity index (χ0v) is 21.5. The third kappa shape index (κ3) is 4.68. The van der Waals surface area contributed by atoms with Crippen LogP contribution in [0.4, 0.5) is 5.69 Å². The Balaban J connectivity index is 1.41. The van der Waals surface area contributed by atoms with E-state index in [2.05, 4.69) is 15.5 Å². The predicted octanol–water partition coefficient (Wildman–Crippen LogP) is 4.10. The van der Waals surface area contributed by atoms with E-state index in [1.165, 1.54) is 16.4 Å². The molecule has 0 aliphatic heterocycles. The number of para-hydroxylation sites is 1. The second-order valence-corrected chi connectivity index (χ2v) is 9.38. The van der Waals surface area contributed by atoms with E-state index >= 15 is 0 Å². The van der Waals surface area contributed by atoms with Crippen molar-refractivity contribution in [3.8, 4) is 11.4 Å². The molecule has 5 aromatic rings. The van der Waals surface area contributed by atoms with Gasteiger partial charge in [-0.3, -0.25) is 18.8 Å². The van der Waals surface area contributed by atoms with Gasteiger partial charge in [0, 0.05) is 19.5 Å². The van der Waals surface area contributed by atoms with Crippen molar-refractivity contribution in [3.05, 3.63) is 94.7 Å². The number of anilines is 1. The average molecular weight is 515 g/mol. The molecule has 0 aliphatic carbocycles. The van der Waals surface area contributed by atoms with Crippen LogP contribution in [0.15, 0.2) is 82.7 Å². The Morgan fingerprint density at radius 3 is 2.51 bits per heavy atom. The number of thioether (sulfide) groups is 1. The summed E-state index contributed by atoms with van der Waals surface area (Å²) in [5.74, 6) is 0.373. The van der Waals surface area contributed by atoms with E-state index in [-0.39, 0.29) is 29.5 Å². The Morgan fingerprint density at radius 2 is 1.73 bits per heavy atom. The molecule has 37 heavy (non-hydrogen) atoms. The van der Waals surface area contributed by atoms with Gasteiger partial charge in [0.1, 0.15) is 12.3 Å². The molecule has 5 rings (SSSR count). The molecule has 0 saturated carbocycles. The van der Waals surface area contributed by atoms with E-state index in [1.54, 1.807) is 25.8 Å². The lowest BCUT2D eigenvalue weighted by Gasteiger charge is -2.12. The molecule has 0 saturated heterocycles. The third-order valence-electron chi connectivity index (χ3n) is 6.13. The van der Waals surface area contributed by atoms with Crippen LogP contribution in [0.3, 0.4) is 0 Å². The number of aromatic nitrogens is 5. The molecule has 188 valence electrons. The van der Waals surface area contributed by atoms with E-state index < -0.39 is 0 Å². The number of benzene rings is 3. The van der Waals surface area contributed by atoms with E-state index in [9.17, 15) is 9.59 Å². The first-order chi connectivity index (χ1) is 18.0. The van der Waals surface area contributed by atoms with Crippen molar-refractivity contribution in [2.45, 2.75) is 18.7 Å². The summed E-state index contributed by atoms with van der Waals surface area (Å²) < 4.78 is 10.5. The Kier molecular flexibility index (Phi) is 6.93. The van der Waals surface area contributed by atoms with Crippen LogP contribution in [0.25, 0.3) is 22.1 Å². The Morgan fingerprint density at radius 1 is 1.00 bits per heavy atom. The molecule has 3 aromatic carbocycles. The third-order valence-corrected chi connectivity index (χ3v) is 7.06. The number of amides is 1. The second-order valence-electron chi connectivity index (χ2n) is 8.44. The van der Waals surface area contributed by atoms with Crippen LogP contribution in [0, 0.1) is 6.92 Å². The molecule has 9 nitrogen and oxygen atoms in total. The minimum atomic E-state index is -0.309. The summed E-state index contributed by atoms with van der Waals surface area (Å²) in [6.45, 7) is 2.07. The second kappa shape index (κ2) is 10.5. The molecule has 0 unspecified atom stereocenters. The lowest BCUT2D eigenvalue weighted by Crippen LogP contribution is -2.23. The van der Waals surface area contributed by atoms with Crippen LogP contribution in [0.2, 0.25) is 0 Å². The quantitative estimate of drug-likeness (QED) is 0.313. The minimum absolute atomic E-state index is 0.0506. The molecule has 0 aliphatic rings. The molecule has 10 heteroatoms. The molecule has 0 spiro atoms. The van der Waals surface area contributed by atoms with Crippen LogP contribution in [0.5, 0.6) is 0 Å². The number of carbonyl (C=O) groups is 1. The normalized spacial score (nSPS) is 11.2.